The van der Waals surface area contributed by atoms with Crippen LogP contribution in [-0.2, 0) is 12.8 Å². The van der Waals surface area contributed by atoms with Gasteiger partial charge >= 0.3 is 0 Å². The Morgan fingerprint density at radius 3 is 1.59 bits per heavy atom. The second-order valence-electron chi connectivity index (χ2n) is 18.8. The average molecular weight is 855 g/mol. The van der Waals surface area contributed by atoms with Crippen molar-refractivity contribution < 1.29 is 13.3 Å². The highest BCUT2D eigenvalue weighted by Gasteiger charge is 2.17. The first kappa shape index (κ1) is 39.9. The van der Waals surface area contributed by atoms with E-state index >= 15 is 0 Å². The number of fused-ring (bicyclic) bond motifs is 9. The lowest BCUT2D eigenvalue weighted by Gasteiger charge is -2.14. The van der Waals surface area contributed by atoms with Crippen LogP contribution in [0.4, 0.5) is 0 Å². The van der Waals surface area contributed by atoms with E-state index in [1.165, 1.54) is 55.5 Å². The molecule has 0 bridgehead atoms. The largest absolute Gasteiger partial charge is 0.456 e. The van der Waals surface area contributed by atoms with Gasteiger partial charge in [-0.15, -0.1) is 0 Å². The molecule has 66 heavy (non-hydrogen) atoms. The normalized spacial score (nSPS) is 13.0. The Morgan fingerprint density at radius 1 is 0.318 bits per heavy atom. The summed E-state index contributed by atoms with van der Waals surface area (Å²) in [5, 5.41) is 6.94. The molecule has 3 aromatic heterocycles. The monoisotopic (exact) mass is 854 g/mol. The summed E-state index contributed by atoms with van der Waals surface area (Å²) in [6, 6.07) is 68.3. The molecule has 0 aliphatic rings. The third-order valence-electron chi connectivity index (χ3n) is 14.0. The van der Waals surface area contributed by atoms with Gasteiger partial charge in [0.1, 0.15) is 33.5 Å². The molecule has 12 aromatic rings. The van der Waals surface area contributed by atoms with Crippen LogP contribution in [0.25, 0.3) is 99.2 Å². The zero-order chi connectivity index (χ0) is 44.5. The van der Waals surface area contributed by atoms with E-state index < -0.39 is 0 Å². The van der Waals surface area contributed by atoms with E-state index in [4.69, 9.17) is 13.3 Å². The fraction of sp³-hybridized carbons (Fsp3) is 0.143. The fourth-order valence-electron chi connectivity index (χ4n) is 10.3. The van der Waals surface area contributed by atoms with Crippen LogP contribution in [0.1, 0.15) is 73.3 Å². The molecule has 9 aromatic carbocycles. The Labute approximate surface area is 384 Å². The first-order chi connectivity index (χ1) is 32.3. The minimum Gasteiger partial charge on any atom is -0.456 e. The van der Waals surface area contributed by atoms with Crippen LogP contribution in [-0.4, -0.2) is 0 Å². The van der Waals surface area contributed by atoms with Gasteiger partial charge in [0.2, 0.25) is 0 Å². The van der Waals surface area contributed by atoms with Gasteiger partial charge in [0.25, 0.3) is 0 Å². The summed E-state index contributed by atoms with van der Waals surface area (Å²) in [5.41, 5.74) is 19.2. The van der Waals surface area contributed by atoms with E-state index in [0.717, 1.165) is 84.4 Å². The summed E-state index contributed by atoms with van der Waals surface area (Å²) < 4.78 is 19.3. The van der Waals surface area contributed by atoms with Crippen molar-refractivity contribution in [3.8, 4) is 33.4 Å². The number of benzene rings is 9. The van der Waals surface area contributed by atoms with E-state index in [9.17, 15) is 0 Å². The molecule has 0 N–H and O–H groups in total. The third kappa shape index (κ3) is 7.16. The highest BCUT2D eigenvalue weighted by molar-refractivity contribution is 6.10. The summed E-state index contributed by atoms with van der Waals surface area (Å²) in [7, 11) is 0. The summed E-state index contributed by atoms with van der Waals surface area (Å²) in [4.78, 5) is 0. The molecule has 320 valence electrons. The predicted octanol–water partition coefficient (Wildman–Crippen LogP) is 18.2. The summed E-state index contributed by atoms with van der Waals surface area (Å²) in [5.74, 6) is 1.11. The van der Waals surface area contributed by atoms with Gasteiger partial charge in [-0.25, -0.2) is 0 Å². The number of hydrogen-bond donors (Lipinski definition) is 0. The van der Waals surface area contributed by atoms with Gasteiger partial charge < -0.3 is 13.3 Å². The molecule has 0 aliphatic carbocycles. The molecule has 3 nitrogen and oxygen atoms in total. The Morgan fingerprint density at radius 2 is 0.818 bits per heavy atom. The van der Waals surface area contributed by atoms with Gasteiger partial charge in [-0.2, -0.15) is 0 Å². The second kappa shape index (κ2) is 16.1. The highest BCUT2D eigenvalue weighted by Crippen LogP contribution is 2.39. The first-order valence-electron chi connectivity index (χ1n) is 23.4. The van der Waals surface area contributed by atoms with Crippen LogP contribution in [0.15, 0.2) is 201 Å². The zero-order valence-corrected chi connectivity index (χ0v) is 37.8. The molecule has 12 rings (SSSR count). The first-order valence-corrected chi connectivity index (χ1v) is 23.4. The third-order valence-corrected chi connectivity index (χ3v) is 14.0. The van der Waals surface area contributed by atoms with E-state index in [-0.39, 0.29) is 0 Å². The van der Waals surface area contributed by atoms with Gasteiger partial charge in [-0.3, -0.25) is 0 Å². The number of furan rings is 3. The molecule has 0 aliphatic heterocycles. The second-order valence-corrected chi connectivity index (χ2v) is 18.8. The van der Waals surface area contributed by atoms with Crippen LogP contribution < -0.4 is 0 Å². The van der Waals surface area contributed by atoms with E-state index in [1.54, 1.807) is 0 Å². The number of hydrogen-bond acceptors (Lipinski definition) is 3. The van der Waals surface area contributed by atoms with Crippen LogP contribution in [0.3, 0.4) is 0 Å². The molecular formula is C63H50O3. The molecule has 2 unspecified atom stereocenters. The van der Waals surface area contributed by atoms with Crippen molar-refractivity contribution in [2.75, 3.05) is 0 Å². The lowest BCUT2D eigenvalue weighted by atomic mass is 9.90. The number of rotatable bonds is 10. The molecule has 0 radical (unpaired) electrons. The van der Waals surface area contributed by atoms with Gasteiger partial charge in [-0.1, -0.05) is 167 Å². The van der Waals surface area contributed by atoms with Gasteiger partial charge in [0.15, 0.2) is 0 Å². The fourth-order valence-corrected chi connectivity index (χ4v) is 10.3. The predicted molar refractivity (Wildman–Crippen MR) is 276 cm³/mol. The van der Waals surface area contributed by atoms with E-state index in [0.29, 0.717) is 17.8 Å². The Kier molecular flexibility index (Phi) is 9.75. The van der Waals surface area contributed by atoms with Crippen molar-refractivity contribution >= 4 is 65.8 Å². The van der Waals surface area contributed by atoms with Crippen molar-refractivity contribution in [2.24, 2.45) is 0 Å². The van der Waals surface area contributed by atoms with Crippen molar-refractivity contribution in [1.29, 1.82) is 0 Å². The van der Waals surface area contributed by atoms with Gasteiger partial charge in [0, 0.05) is 37.9 Å². The smallest absolute Gasteiger partial charge is 0.143 e. The van der Waals surface area contributed by atoms with Crippen LogP contribution in [0, 0.1) is 0 Å². The van der Waals surface area contributed by atoms with E-state index in [1.807, 2.05) is 12.1 Å². The van der Waals surface area contributed by atoms with Crippen LogP contribution in [0.2, 0.25) is 0 Å². The molecule has 0 amide bonds. The molecular weight excluding hydrogens is 805 g/mol. The Bertz CT molecular complexity index is 3800. The Hall–Kier alpha value is -7.62. The maximum absolute atomic E-state index is 6.56. The molecule has 2 atom stereocenters. The van der Waals surface area contributed by atoms with Crippen molar-refractivity contribution in [2.45, 2.75) is 58.3 Å². The Balaban J connectivity index is 0.765. The van der Waals surface area contributed by atoms with Crippen molar-refractivity contribution in [3.63, 3.8) is 0 Å². The molecule has 0 saturated carbocycles. The molecule has 3 heteroatoms. The quantitative estimate of drug-likeness (QED) is 0.138. The lowest BCUT2D eigenvalue weighted by molar-refractivity contribution is 0.667. The van der Waals surface area contributed by atoms with Gasteiger partial charge in [-0.05, 0) is 135 Å². The van der Waals surface area contributed by atoms with Gasteiger partial charge in [0.05, 0.1) is 0 Å². The maximum atomic E-state index is 6.56. The SMILES string of the molecule is CC(C)c1cccc(-c2cccc3c2oc2ccc(CC(C)c4cccc(-c5ccc6oc7cc(CC(C)c8cccc(-c9ccc%10c(c9)oc9ccccc9%10)c8)ccc7c6c5)c4)cc23)c1. The average Bonchev–Trinajstić information content (AvgIpc) is 4.04. The zero-order valence-electron chi connectivity index (χ0n) is 37.8. The number of para-hydroxylation sites is 2. The summed E-state index contributed by atoms with van der Waals surface area (Å²) >= 11 is 0. The summed E-state index contributed by atoms with van der Waals surface area (Å²) in [6.07, 6.45) is 1.84. The minimum absolute atomic E-state index is 0.322. The van der Waals surface area contributed by atoms with Crippen molar-refractivity contribution in [3.05, 3.63) is 216 Å². The molecule has 0 saturated heterocycles. The molecule has 0 fully saturated rings. The minimum atomic E-state index is 0.322. The molecule has 0 spiro atoms. The van der Waals surface area contributed by atoms with Crippen molar-refractivity contribution in [1.82, 2.24) is 0 Å². The lowest BCUT2D eigenvalue weighted by Crippen LogP contribution is -1.99. The van der Waals surface area contributed by atoms with E-state index in [2.05, 4.69) is 204 Å². The van der Waals surface area contributed by atoms with Crippen LogP contribution >= 0.6 is 0 Å². The topological polar surface area (TPSA) is 39.4 Å². The standard InChI is InChI=1S/C63H50O3/c1-38(2)43-11-7-16-50(33-43)51-18-10-19-55-56-31-41(22-27-60(56)66-63(51)55)29-39(3)44-12-8-14-46(34-44)48-24-28-59-57(36-48)54-25-21-42(32-61(54)65-59)30-40(4)45-13-9-15-47(35-45)49-23-26-53-52-17-5-6-20-58(52)64-62(53)37-49/h5-28,31-40H,29-30H2,1-4H3. The summed E-state index contributed by atoms with van der Waals surface area (Å²) in [6.45, 7) is 9.13. The molecule has 3 heterocycles. The highest BCUT2D eigenvalue weighted by atomic mass is 16.3. The maximum Gasteiger partial charge on any atom is 0.143 e. The van der Waals surface area contributed by atoms with Crippen LogP contribution in [0.5, 0.6) is 0 Å².